The molecule has 0 heterocycles. The maximum atomic E-state index is 13.9. The number of hydrogen-bond acceptors (Lipinski definition) is 1. The molecule has 1 atom stereocenters. The summed E-state index contributed by atoms with van der Waals surface area (Å²) in [6.45, 7) is 0.768. The highest BCUT2D eigenvalue weighted by molar-refractivity contribution is 6.30. The zero-order valence-corrected chi connectivity index (χ0v) is 12.7. The van der Waals surface area contributed by atoms with Gasteiger partial charge in [0, 0.05) is 22.5 Å². The monoisotopic (exact) mass is 311 g/mol. The van der Waals surface area contributed by atoms with Crippen LogP contribution in [0.5, 0.6) is 0 Å². The normalized spacial score (nSPS) is 12.4. The first-order valence-corrected chi connectivity index (χ1v) is 7.19. The van der Waals surface area contributed by atoms with Crippen molar-refractivity contribution in [2.45, 2.75) is 12.3 Å². The Labute approximate surface area is 128 Å². The molecule has 2 aromatic rings. The molecule has 1 N–H and O–H groups in total. The lowest BCUT2D eigenvalue weighted by atomic mass is 9.91. The lowest BCUT2D eigenvalue weighted by Crippen LogP contribution is -2.19. The van der Waals surface area contributed by atoms with Gasteiger partial charge in [-0.25, -0.2) is 4.39 Å². The van der Waals surface area contributed by atoms with E-state index in [1.165, 1.54) is 6.07 Å². The standard InChI is InChI=1S/C16H16Cl2FN/c1-20-10-13(11-2-5-14(17)6-3-11)8-12-4-7-15(18)9-16(12)19/h2-7,9,13,20H,8,10H2,1H3. The van der Waals surface area contributed by atoms with Gasteiger partial charge in [0.15, 0.2) is 0 Å². The maximum absolute atomic E-state index is 13.9. The van der Waals surface area contributed by atoms with Gasteiger partial charge in [0.1, 0.15) is 5.82 Å². The predicted octanol–water partition coefficient (Wildman–Crippen LogP) is 4.68. The van der Waals surface area contributed by atoms with E-state index in [1.807, 2.05) is 31.3 Å². The van der Waals surface area contributed by atoms with E-state index in [0.29, 0.717) is 22.0 Å². The van der Waals surface area contributed by atoms with Gasteiger partial charge < -0.3 is 5.32 Å². The molecule has 0 aliphatic rings. The lowest BCUT2D eigenvalue weighted by molar-refractivity contribution is 0.574. The van der Waals surface area contributed by atoms with E-state index in [2.05, 4.69) is 5.32 Å². The fraction of sp³-hybridized carbons (Fsp3) is 0.250. The second-order valence-corrected chi connectivity index (χ2v) is 5.62. The molecule has 0 amide bonds. The third-order valence-corrected chi connectivity index (χ3v) is 3.76. The number of likely N-dealkylation sites (N-methyl/N-ethyl adjacent to an activating group) is 1. The van der Waals surface area contributed by atoms with Crippen molar-refractivity contribution in [2.24, 2.45) is 0 Å². The second-order valence-electron chi connectivity index (χ2n) is 4.75. The topological polar surface area (TPSA) is 12.0 Å². The van der Waals surface area contributed by atoms with Gasteiger partial charge in [-0.1, -0.05) is 41.4 Å². The predicted molar refractivity (Wildman–Crippen MR) is 83.2 cm³/mol. The average Bonchev–Trinajstić information content (AvgIpc) is 2.42. The summed E-state index contributed by atoms with van der Waals surface area (Å²) in [7, 11) is 1.89. The fourth-order valence-corrected chi connectivity index (χ4v) is 2.53. The molecular formula is C16H16Cl2FN. The Morgan fingerprint density at radius 1 is 1.05 bits per heavy atom. The van der Waals surface area contributed by atoms with Gasteiger partial charge in [-0.2, -0.15) is 0 Å². The Hall–Kier alpha value is -1.09. The summed E-state index contributed by atoms with van der Waals surface area (Å²) in [5.41, 5.74) is 1.81. The zero-order valence-electron chi connectivity index (χ0n) is 11.2. The van der Waals surface area contributed by atoms with Gasteiger partial charge in [0.25, 0.3) is 0 Å². The van der Waals surface area contributed by atoms with E-state index in [1.54, 1.807) is 12.1 Å². The summed E-state index contributed by atoms with van der Waals surface area (Å²) in [6.07, 6.45) is 0.617. The first-order chi connectivity index (χ1) is 9.60. The maximum Gasteiger partial charge on any atom is 0.127 e. The number of halogens is 3. The van der Waals surface area contributed by atoms with Crippen LogP contribution in [0.1, 0.15) is 17.0 Å². The summed E-state index contributed by atoms with van der Waals surface area (Å²) in [5.74, 6) is -0.0690. The molecule has 0 bridgehead atoms. The summed E-state index contributed by atoms with van der Waals surface area (Å²) in [4.78, 5) is 0. The van der Waals surface area contributed by atoms with Crippen LogP contribution in [0.15, 0.2) is 42.5 Å². The van der Waals surface area contributed by atoms with Crippen molar-refractivity contribution in [2.75, 3.05) is 13.6 Å². The highest BCUT2D eigenvalue weighted by Gasteiger charge is 2.14. The fourth-order valence-electron chi connectivity index (χ4n) is 2.24. The van der Waals surface area contributed by atoms with Crippen LogP contribution in [0.4, 0.5) is 4.39 Å². The van der Waals surface area contributed by atoms with E-state index < -0.39 is 0 Å². The summed E-state index contributed by atoms with van der Waals surface area (Å²) in [5, 5.41) is 4.27. The quantitative estimate of drug-likeness (QED) is 0.845. The second kappa shape index (κ2) is 7.07. The molecule has 0 saturated heterocycles. The summed E-state index contributed by atoms with van der Waals surface area (Å²) < 4.78 is 13.9. The smallest absolute Gasteiger partial charge is 0.127 e. The van der Waals surface area contributed by atoms with Crippen molar-refractivity contribution >= 4 is 23.2 Å². The van der Waals surface area contributed by atoms with E-state index in [4.69, 9.17) is 23.2 Å². The van der Waals surface area contributed by atoms with Crippen LogP contribution in [-0.4, -0.2) is 13.6 Å². The van der Waals surface area contributed by atoms with E-state index in [9.17, 15) is 4.39 Å². The number of rotatable bonds is 5. The average molecular weight is 312 g/mol. The molecule has 0 fully saturated rings. The van der Waals surface area contributed by atoms with Crippen molar-refractivity contribution in [3.05, 3.63) is 69.5 Å². The Morgan fingerprint density at radius 3 is 2.30 bits per heavy atom. The molecule has 2 aromatic carbocycles. The van der Waals surface area contributed by atoms with E-state index in [-0.39, 0.29) is 11.7 Å². The van der Waals surface area contributed by atoms with Gasteiger partial charge in [-0.3, -0.25) is 0 Å². The SMILES string of the molecule is CNCC(Cc1ccc(Cl)cc1F)c1ccc(Cl)cc1. The molecule has 0 aromatic heterocycles. The summed E-state index contributed by atoms with van der Waals surface area (Å²) in [6, 6.07) is 12.5. The highest BCUT2D eigenvalue weighted by atomic mass is 35.5. The van der Waals surface area contributed by atoms with E-state index in [0.717, 1.165) is 12.1 Å². The number of benzene rings is 2. The molecule has 0 aliphatic carbocycles. The van der Waals surface area contributed by atoms with Crippen molar-refractivity contribution < 1.29 is 4.39 Å². The van der Waals surface area contributed by atoms with Crippen LogP contribution in [-0.2, 0) is 6.42 Å². The van der Waals surface area contributed by atoms with Crippen LogP contribution in [0.3, 0.4) is 0 Å². The molecular weight excluding hydrogens is 296 g/mol. The molecule has 4 heteroatoms. The molecule has 0 aliphatic heterocycles. The van der Waals surface area contributed by atoms with Gasteiger partial charge >= 0.3 is 0 Å². The van der Waals surface area contributed by atoms with Crippen molar-refractivity contribution in [1.82, 2.24) is 5.32 Å². The largest absolute Gasteiger partial charge is 0.319 e. The summed E-state index contributed by atoms with van der Waals surface area (Å²) >= 11 is 11.7. The zero-order chi connectivity index (χ0) is 14.5. The molecule has 2 rings (SSSR count). The molecule has 0 saturated carbocycles. The molecule has 0 spiro atoms. The minimum atomic E-state index is -0.257. The first-order valence-electron chi connectivity index (χ1n) is 6.44. The molecule has 0 radical (unpaired) electrons. The van der Waals surface area contributed by atoms with Crippen LogP contribution < -0.4 is 5.32 Å². The van der Waals surface area contributed by atoms with Crippen LogP contribution >= 0.6 is 23.2 Å². The highest BCUT2D eigenvalue weighted by Crippen LogP contribution is 2.24. The van der Waals surface area contributed by atoms with Crippen molar-refractivity contribution in [3.8, 4) is 0 Å². The van der Waals surface area contributed by atoms with Crippen LogP contribution in [0, 0.1) is 5.82 Å². The van der Waals surface area contributed by atoms with Crippen molar-refractivity contribution in [1.29, 1.82) is 0 Å². The molecule has 20 heavy (non-hydrogen) atoms. The van der Waals surface area contributed by atoms with Gasteiger partial charge in [0.2, 0.25) is 0 Å². The van der Waals surface area contributed by atoms with Gasteiger partial charge in [-0.15, -0.1) is 0 Å². The first kappa shape index (κ1) is 15.3. The minimum absolute atomic E-state index is 0.188. The Kier molecular flexibility index (Phi) is 5.41. The number of nitrogens with one attached hydrogen (secondary N) is 1. The van der Waals surface area contributed by atoms with Crippen LogP contribution in [0.25, 0.3) is 0 Å². The van der Waals surface area contributed by atoms with Crippen molar-refractivity contribution in [3.63, 3.8) is 0 Å². The van der Waals surface area contributed by atoms with Crippen LogP contribution in [0.2, 0.25) is 10.0 Å². The van der Waals surface area contributed by atoms with E-state index >= 15 is 0 Å². The third kappa shape index (κ3) is 3.95. The Balaban J connectivity index is 2.22. The van der Waals surface area contributed by atoms with Gasteiger partial charge in [-0.05, 0) is 48.9 Å². The third-order valence-electron chi connectivity index (χ3n) is 3.27. The molecule has 1 nitrogen and oxygen atoms in total. The Bertz CT molecular complexity index is 569. The molecule has 106 valence electrons. The molecule has 1 unspecified atom stereocenters. The Morgan fingerprint density at radius 2 is 1.70 bits per heavy atom. The number of hydrogen-bond donors (Lipinski definition) is 1. The minimum Gasteiger partial charge on any atom is -0.319 e. The van der Waals surface area contributed by atoms with Gasteiger partial charge in [0.05, 0.1) is 0 Å². The lowest BCUT2D eigenvalue weighted by Gasteiger charge is -2.18.